The Morgan fingerprint density at radius 2 is 0.871 bits per heavy atom. The smallest absolute Gasteiger partial charge is 0.407 e. The maximum absolute atomic E-state index is 12.9. The van der Waals surface area contributed by atoms with Crippen molar-refractivity contribution in [3.05, 3.63) is 83.0 Å². The molecule has 0 aliphatic carbocycles. The molecule has 0 radical (unpaired) electrons. The first-order valence-corrected chi connectivity index (χ1v) is 21.9. The van der Waals surface area contributed by atoms with E-state index in [0.717, 1.165) is 41.5 Å². The lowest BCUT2D eigenvalue weighted by atomic mass is 9.80. The number of amides is 1. The van der Waals surface area contributed by atoms with Crippen LogP contribution in [0, 0.1) is 0 Å². The van der Waals surface area contributed by atoms with Gasteiger partial charge in [-0.1, -0.05) is 128 Å². The normalized spacial score (nSPS) is 13.0. The molecule has 0 saturated heterocycles. The van der Waals surface area contributed by atoms with Crippen LogP contribution < -0.4 is 14.8 Å². The number of ether oxygens (including phenoxy) is 6. The van der Waals surface area contributed by atoms with Gasteiger partial charge in [0.15, 0.2) is 12.2 Å². The van der Waals surface area contributed by atoms with E-state index in [9.17, 15) is 19.2 Å². The van der Waals surface area contributed by atoms with Crippen LogP contribution in [0.2, 0.25) is 0 Å². The van der Waals surface area contributed by atoms with Gasteiger partial charge >= 0.3 is 24.0 Å². The number of carbonyl (C=O) groups is 4. The van der Waals surface area contributed by atoms with Gasteiger partial charge in [-0.3, -0.25) is 4.79 Å². The maximum atomic E-state index is 12.9. The highest BCUT2D eigenvalue weighted by Crippen LogP contribution is 2.34. The highest BCUT2D eigenvalue weighted by atomic mass is 16.6. The lowest BCUT2D eigenvalue weighted by Crippen LogP contribution is -2.36. The van der Waals surface area contributed by atoms with E-state index in [1.165, 1.54) is 0 Å². The molecule has 0 bridgehead atoms. The third-order valence-electron chi connectivity index (χ3n) is 10.0. The molecular weight excluding hydrogens is 787 g/mol. The molecule has 2 rings (SSSR count). The van der Waals surface area contributed by atoms with Crippen molar-refractivity contribution >= 4 is 24.0 Å². The van der Waals surface area contributed by atoms with Crippen molar-refractivity contribution in [3.63, 3.8) is 0 Å². The summed E-state index contributed by atoms with van der Waals surface area (Å²) in [6.07, 6.45) is 1.62. The van der Waals surface area contributed by atoms with Gasteiger partial charge in [0, 0.05) is 24.1 Å². The lowest BCUT2D eigenvalue weighted by Gasteiger charge is -2.26. The minimum Gasteiger partial charge on any atom is -0.490 e. The molecule has 11 heteroatoms. The van der Waals surface area contributed by atoms with Crippen molar-refractivity contribution < 1.29 is 47.6 Å². The fraction of sp³-hybridized carbons (Fsp3) is 0.608. The van der Waals surface area contributed by atoms with Crippen molar-refractivity contribution in [3.8, 4) is 11.5 Å². The van der Waals surface area contributed by atoms with E-state index >= 15 is 0 Å². The van der Waals surface area contributed by atoms with Crippen molar-refractivity contribution in [1.82, 2.24) is 5.32 Å². The molecule has 2 unspecified atom stereocenters. The highest BCUT2D eigenvalue weighted by molar-refractivity contribution is 5.87. The summed E-state index contributed by atoms with van der Waals surface area (Å²) in [5, 5.41) is 2.78. The molecule has 2 aromatic rings. The summed E-state index contributed by atoms with van der Waals surface area (Å²) in [6, 6.07) is 12.4. The van der Waals surface area contributed by atoms with Crippen LogP contribution in [0.5, 0.6) is 11.5 Å². The van der Waals surface area contributed by atoms with E-state index in [1.807, 2.05) is 24.3 Å². The lowest BCUT2D eigenvalue weighted by molar-refractivity contribution is -0.159. The fourth-order valence-electron chi connectivity index (χ4n) is 5.84. The van der Waals surface area contributed by atoms with Crippen molar-refractivity contribution in [1.29, 1.82) is 0 Å². The van der Waals surface area contributed by atoms with Crippen LogP contribution in [-0.4, -0.2) is 69.2 Å². The van der Waals surface area contributed by atoms with E-state index in [1.54, 1.807) is 13.8 Å². The first-order valence-electron chi connectivity index (χ1n) is 21.9. The minimum atomic E-state index is -0.861. The molecule has 0 fully saturated rings. The van der Waals surface area contributed by atoms with Gasteiger partial charge in [0.05, 0.1) is 0 Å². The highest BCUT2D eigenvalue weighted by Gasteiger charge is 2.25. The quantitative estimate of drug-likeness (QED) is 0.0527. The van der Waals surface area contributed by atoms with Crippen molar-refractivity contribution in [2.24, 2.45) is 0 Å². The predicted octanol–water partition coefficient (Wildman–Crippen LogP) is 10.9. The summed E-state index contributed by atoms with van der Waals surface area (Å²) >= 11 is 0. The van der Waals surface area contributed by atoms with E-state index in [0.29, 0.717) is 30.9 Å². The molecule has 2 aromatic carbocycles. The van der Waals surface area contributed by atoms with Crippen LogP contribution in [0.1, 0.15) is 158 Å². The Morgan fingerprint density at radius 1 is 0.516 bits per heavy atom. The Balaban J connectivity index is 1.89. The SMILES string of the molecule is C=C(C)C(=O)OCC(COc1cc(C(C)(C)C)cc(C(C)(C)C)c1)OC(=O)CCCCCCCNC(=O)OC(COC(=O)C(=C)C)COc1cc(C(C)(C)C)cc(C(C)(C)C)c1. The van der Waals surface area contributed by atoms with E-state index in [-0.39, 0.29) is 65.7 Å². The number of carbonyl (C=O) groups excluding carboxylic acids is 4. The molecule has 62 heavy (non-hydrogen) atoms. The van der Waals surface area contributed by atoms with Crippen LogP contribution in [0.25, 0.3) is 0 Å². The van der Waals surface area contributed by atoms with E-state index in [4.69, 9.17) is 28.4 Å². The van der Waals surface area contributed by atoms with Gasteiger partial charge in [0.25, 0.3) is 0 Å². The molecule has 0 heterocycles. The molecular formula is C51H77NO10. The average Bonchev–Trinajstić information content (AvgIpc) is 3.15. The van der Waals surface area contributed by atoms with Gasteiger partial charge in [0.1, 0.15) is 37.9 Å². The van der Waals surface area contributed by atoms with Crippen molar-refractivity contribution in [2.45, 2.75) is 169 Å². The molecule has 2 atom stereocenters. The summed E-state index contributed by atoms with van der Waals surface area (Å²) in [5.74, 6) is -0.257. The van der Waals surface area contributed by atoms with Gasteiger partial charge in [-0.25, -0.2) is 14.4 Å². The van der Waals surface area contributed by atoms with Crippen LogP contribution in [-0.2, 0) is 55.0 Å². The number of unbranched alkanes of at least 4 members (excludes halogenated alkanes) is 4. The Kier molecular flexibility index (Phi) is 20.3. The molecule has 1 amide bonds. The maximum Gasteiger partial charge on any atom is 0.407 e. The van der Waals surface area contributed by atoms with Gasteiger partial charge < -0.3 is 33.7 Å². The molecule has 0 spiro atoms. The second-order valence-electron chi connectivity index (χ2n) is 20.5. The van der Waals surface area contributed by atoms with Gasteiger partial charge in [0.2, 0.25) is 0 Å². The molecule has 0 aliphatic heterocycles. The summed E-state index contributed by atoms with van der Waals surface area (Å²) in [5.41, 5.74) is 4.53. The number of hydrogen-bond acceptors (Lipinski definition) is 10. The van der Waals surface area contributed by atoms with E-state index < -0.39 is 36.2 Å². The second kappa shape index (κ2) is 23.6. The Labute approximate surface area is 372 Å². The van der Waals surface area contributed by atoms with Gasteiger partial charge in [-0.2, -0.15) is 0 Å². The summed E-state index contributed by atoms with van der Waals surface area (Å²) in [7, 11) is 0. The molecule has 0 saturated carbocycles. The van der Waals surface area contributed by atoms with Crippen LogP contribution in [0.15, 0.2) is 60.7 Å². The summed E-state index contributed by atoms with van der Waals surface area (Å²) in [4.78, 5) is 50.1. The first kappa shape index (κ1) is 53.3. The number of esters is 3. The van der Waals surface area contributed by atoms with Gasteiger partial charge in [-0.15, -0.1) is 0 Å². The third-order valence-corrected chi connectivity index (χ3v) is 10.0. The van der Waals surface area contributed by atoms with E-state index in [2.05, 4.69) is 114 Å². The zero-order valence-electron chi connectivity index (χ0n) is 40.4. The number of benzene rings is 2. The predicted molar refractivity (Wildman–Crippen MR) is 246 cm³/mol. The number of nitrogens with one attached hydrogen (secondary N) is 1. The summed E-state index contributed by atoms with van der Waals surface area (Å²) < 4.78 is 34.4. The molecule has 0 aromatic heterocycles. The molecule has 346 valence electrons. The number of rotatable bonds is 22. The van der Waals surface area contributed by atoms with Crippen LogP contribution in [0.4, 0.5) is 4.79 Å². The Hall–Kier alpha value is -4.80. The fourth-order valence-corrected chi connectivity index (χ4v) is 5.84. The zero-order valence-corrected chi connectivity index (χ0v) is 40.4. The average molecular weight is 864 g/mol. The van der Waals surface area contributed by atoms with Crippen molar-refractivity contribution in [2.75, 3.05) is 33.0 Å². The topological polar surface area (TPSA) is 136 Å². The number of hydrogen-bond donors (Lipinski definition) is 1. The summed E-state index contributed by atoms with van der Waals surface area (Å²) in [6.45, 7) is 36.1. The first-order chi connectivity index (χ1) is 28.6. The molecule has 1 N–H and O–H groups in total. The zero-order chi connectivity index (χ0) is 47.1. The van der Waals surface area contributed by atoms with Crippen LogP contribution >= 0.6 is 0 Å². The minimum absolute atomic E-state index is 0.0127. The largest absolute Gasteiger partial charge is 0.490 e. The van der Waals surface area contributed by atoms with Gasteiger partial charge in [-0.05, 0) is 94.9 Å². The standard InChI is InChI=1S/C51H77NO10/c1-34(2)45(54)59-32-42(30-57-40-26-36(48(5,6)7)24-37(27-40)49(8,9)10)61-44(53)22-20-18-17-19-21-23-52-47(56)62-43(33-60-46(55)35(3)4)31-58-41-28-38(50(11,12)13)25-39(29-41)51(14,15)16/h24-29,42-43H,1,3,17-23,30-33H2,2,4-16H3,(H,52,56). The second-order valence-corrected chi connectivity index (χ2v) is 20.5. The van der Waals surface area contributed by atoms with Crippen LogP contribution in [0.3, 0.4) is 0 Å². The Morgan fingerprint density at radius 3 is 1.24 bits per heavy atom. The molecule has 11 nitrogen and oxygen atoms in total. The monoisotopic (exact) mass is 864 g/mol. The third kappa shape index (κ3) is 19.9. The molecule has 0 aliphatic rings. The number of alkyl carbamates (subject to hydrolysis) is 1. The Bertz CT molecular complexity index is 1640.